The molecule has 3 aromatic rings. The molecule has 9 heteroatoms. The number of benzene rings is 1. The van der Waals surface area contributed by atoms with Gasteiger partial charge in [0.1, 0.15) is 24.1 Å². The number of hydrogen-bond acceptors (Lipinski definition) is 9. The minimum absolute atomic E-state index is 0.228. The third-order valence-corrected chi connectivity index (χ3v) is 4.75. The quantitative estimate of drug-likeness (QED) is 0.609. The lowest BCUT2D eigenvalue weighted by molar-refractivity contribution is 0.0320. The summed E-state index contributed by atoms with van der Waals surface area (Å²) in [6.07, 6.45) is 3.05. The van der Waals surface area contributed by atoms with Crippen molar-refractivity contribution in [3.63, 3.8) is 0 Å². The Labute approximate surface area is 174 Å². The normalized spacial score (nSPS) is 14.2. The Kier molecular flexibility index (Phi) is 6.08. The number of oxazole rings is 1. The molecule has 0 saturated carbocycles. The van der Waals surface area contributed by atoms with Gasteiger partial charge in [-0.3, -0.25) is 4.90 Å². The van der Waals surface area contributed by atoms with Crippen molar-refractivity contribution in [1.82, 2.24) is 14.9 Å². The summed E-state index contributed by atoms with van der Waals surface area (Å²) in [4.78, 5) is 10.6. The number of aromatic nitrogens is 2. The standard InChI is InChI=1S/C21H22N6O3/c22-12-17-18(23)11-20(26-21(17)29-10-7-27-5-8-28-9-6-27)25-16-3-1-15(2-4-16)19-13-24-14-30-19/h1-4,11,13-14H,5-10H2,(H3,23,25,26). The first kappa shape index (κ1) is 19.7. The molecule has 4 rings (SSSR count). The van der Waals surface area contributed by atoms with E-state index in [1.165, 1.54) is 6.39 Å². The summed E-state index contributed by atoms with van der Waals surface area (Å²) >= 11 is 0. The van der Waals surface area contributed by atoms with Gasteiger partial charge in [-0.25, -0.2) is 4.98 Å². The Balaban J connectivity index is 1.44. The summed E-state index contributed by atoms with van der Waals surface area (Å²) < 4.78 is 16.4. The Hall–Kier alpha value is -3.61. The zero-order valence-electron chi connectivity index (χ0n) is 16.4. The molecule has 2 aromatic heterocycles. The second-order valence-corrected chi connectivity index (χ2v) is 6.76. The van der Waals surface area contributed by atoms with E-state index in [9.17, 15) is 5.26 Å². The minimum Gasteiger partial charge on any atom is -0.475 e. The van der Waals surface area contributed by atoms with Crippen LogP contribution in [0, 0.1) is 11.3 Å². The lowest BCUT2D eigenvalue weighted by Gasteiger charge is -2.26. The van der Waals surface area contributed by atoms with Crippen LogP contribution in [-0.2, 0) is 4.74 Å². The Morgan fingerprint density at radius 3 is 2.73 bits per heavy atom. The third-order valence-electron chi connectivity index (χ3n) is 4.75. The molecule has 0 radical (unpaired) electrons. The average molecular weight is 406 g/mol. The van der Waals surface area contributed by atoms with Gasteiger partial charge in [-0.1, -0.05) is 0 Å². The molecule has 9 nitrogen and oxygen atoms in total. The molecule has 3 heterocycles. The molecule has 154 valence electrons. The summed E-state index contributed by atoms with van der Waals surface area (Å²) in [6.45, 7) is 4.34. The van der Waals surface area contributed by atoms with Crippen LogP contribution in [0.2, 0.25) is 0 Å². The fraction of sp³-hybridized carbons (Fsp3) is 0.286. The van der Waals surface area contributed by atoms with Crippen molar-refractivity contribution in [3.8, 4) is 23.3 Å². The summed E-state index contributed by atoms with van der Waals surface area (Å²) in [7, 11) is 0. The van der Waals surface area contributed by atoms with E-state index in [2.05, 4.69) is 26.3 Å². The highest BCUT2D eigenvalue weighted by atomic mass is 16.5. The SMILES string of the molecule is N#Cc1c(N)cc(Nc2ccc(-c3cnco3)cc2)nc1OCCN1CCOCC1. The summed E-state index contributed by atoms with van der Waals surface area (Å²) in [5, 5.41) is 12.6. The zero-order valence-corrected chi connectivity index (χ0v) is 16.4. The van der Waals surface area contributed by atoms with Crippen LogP contribution in [0.4, 0.5) is 17.2 Å². The first-order valence-corrected chi connectivity index (χ1v) is 9.62. The molecule has 1 saturated heterocycles. The predicted molar refractivity (Wildman–Crippen MR) is 111 cm³/mol. The van der Waals surface area contributed by atoms with E-state index in [-0.39, 0.29) is 11.4 Å². The van der Waals surface area contributed by atoms with E-state index < -0.39 is 0 Å². The van der Waals surface area contributed by atoms with E-state index >= 15 is 0 Å². The van der Waals surface area contributed by atoms with Gasteiger partial charge in [0.15, 0.2) is 12.2 Å². The van der Waals surface area contributed by atoms with Crippen LogP contribution in [0.5, 0.6) is 5.88 Å². The monoisotopic (exact) mass is 406 g/mol. The first-order valence-electron chi connectivity index (χ1n) is 9.62. The van der Waals surface area contributed by atoms with Crippen LogP contribution in [-0.4, -0.2) is 54.3 Å². The van der Waals surface area contributed by atoms with E-state index in [1.807, 2.05) is 24.3 Å². The second-order valence-electron chi connectivity index (χ2n) is 6.76. The van der Waals surface area contributed by atoms with Crippen molar-refractivity contribution in [2.75, 3.05) is 50.5 Å². The van der Waals surface area contributed by atoms with Crippen molar-refractivity contribution in [1.29, 1.82) is 5.26 Å². The lowest BCUT2D eigenvalue weighted by Crippen LogP contribution is -2.38. The van der Waals surface area contributed by atoms with Gasteiger partial charge in [0.2, 0.25) is 5.88 Å². The number of nitrogens with one attached hydrogen (secondary N) is 1. The molecule has 0 spiro atoms. The number of nitrogen functional groups attached to an aromatic ring is 1. The van der Waals surface area contributed by atoms with E-state index in [0.717, 1.165) is 44.1 Å². The van der Waals surface area contributed by atoms with Gasteiger partial charge in [0.05, 0.1) is 25.1 Å². The van der Waals surface area contributed by atoms with Crippen LogP contribution in [0.3, 0.4) is 0 Å². The molecule has 3 N–H and O–H groups in total. The van der Waals surface area contributed by atoms with E-state index in [4.69, 9.17) is 19.6 Å². The van der Waals surface area contributed by atoms with Gasteiger partial charge in [0.25, 0.3) is 0 Å². The maximum Gasteiger partial charge on any atom is 0.235 e. The molecular weight excluding hydrogens is 384 g/mol. The number of morpholine rings is 1. The van der Waals surface area contributed by atoms with Gasteiger partial charge in [-0.15, -0.1) is 0 Å². The number of rotatable bonds is 7. The molecule has 1 aliphatic heterocycles. The number of nitriles is 1. The zero-order chi connectivity index (χ0) is 20.8. The summed E-state index contributed by atoms with van der Waals surface area (Å²) in [6, 6.07) is 11.3. The molecular formula is C21H22N6O3. The molecule has 1 aliphatic rings. The molecule has 0 aliphatic carbocycles. The van der Waals surface area contributed by atoms with Crippen LogP contribution in [0.1, 0.15) is 5.56 Å². The largest absolute Gasteiger partial charge is 0.475 e. The number of nitrogens with two attached hydrogens (primary N) is 1. The maximum absolute atomic E-state index is 9.44. The number of ether oxygens (including phenoxy) is 2. The highest BCUT2D eigenvalue weighted by Crippen LogP contribution is 2.28. The number of nitrogens with zero attached hydrogens (tertiary/aromatic N) is 4. The van der Waals surface area contributed by atoms with Gasteiger partial charge in [-0.05, 0) is 24.3 Å². The molecule has 1 aromatic carbocycles. The molecule has 0 bridgehead atoms. The van der Waals surface area contributed by atoms with Crippen molar-refractivity contribution in [3.05, 3.63) is 48.5 Å². The van der Waals surface area contributed by atoms with Gasteiger partial charge >= 0.3 is 0 Å². The number of hydrogen-bond donors (Lipinski definition) is 2. The highest BCUT2D eigenvalue weighted by molar-refractivity contribution is 5.69. The molecule has 0 unspecified atom stereocenters. The minimum atomic E-state index is 0.228. The van der Waals surface area contributed by atoms with E-state index in [0.29, 0.717) is 23.9 Å². The molecule has 1 fully saturated rings. The molecule has 0 atom stereocenters. The topological polar surface area (TPSA) is 122 Å². The highest BCUT2D eigenvalue weighted by Gasteiger charge is 2.14. The number of anilines is 3. The lowest BCUT2D eigenvalue weighted by atomic mass is 10.1. The van der Waals surface area contributed by atoms with Crippen molar-refractivity contribution in [2.24, 2.45) is 0 Å². The predicted octanol–water partition coefficient (Wildman–Crippen LogP) is 2.65. The van der Waals surface area contributed by atoms with Crippen LogP contribution < -0.4 is 15.8 Å². The first-order chi connectivity index (χ1) is 14.7. The smallest absolute Gasteiger partial charge is 0.235 e. The summed E-state index contributed by atoms with van der Waals surface area (Å²) in [5.41, 5.74) is 8.34. The summed E-state index contributed by atoms with van der Waals surface area (Å²) in [5.74, 6) is 1.42. The van der Waals surface area contributed by atoms with Crippen molar-refractivity contribution in [2.45, 2.75) is 0 Å². The Bertz CT molecular complexity index is 1010. The third kappa shape index (κ3) is 4.68. The molecule has 30 heavy (non-hydrogen) atoms. The second kappa shape index (κ2) is 9.26. The fourth-order valence-electron chi connectivity index (χ4n) is 3.14. The van der Waals surface area contributed by atoms with Gasteiger partial charge in [-0.2, -0.15) is 10.2 Å². The van der Waals surface area contributed by atoms with Gasteiger partial charge in [0, 0.05) is 37.0 Å². The Morgan fingerprint density at radius 2 is 2.03 bits per heavy atom. The van der Waals surface area contributed by atoms with Crippen molar-refractivity contribution < 1.29 is 13.9 Å². The van der Waals surface area contributed by atoms with Crippen LogP contribution >= 0.6 is 0 Å². The van der Waals surface area contributed by atoms with Crippen LogP contribution in [0.25, 0.3) is 11.3 Å². The number of pyridine rings is 1. The van der Waals surface area contributed by atoms with Gasteiger partial charge < -0.3 is 24.9 Å². The van der Waals surface area contributed by atoms with E-state index in [1.54, 1.807) is 12.3 Å². The average Bonchev–Trinajstić information content (AvgIpc) is 3.30. The maximum atomic E-state index is 9.44. The fourth-order valence-corrected chi connectivity index (χ4v) is 3.14. The van der Waals surface area contributed by atoms with Crippen molar-refractivity contribution >= 4 is 17.2 Å². The van der Waals surface area contributed by atoms with Crippen LogP contribution in [0.15, 0.2) is 47.3 Å². The Morgan fingerprint density at radius 1 is 1.23 bits per heavy atom. The molecule has 0 amide bonds.